The molecule has 6 nitrogen and oxygen atoms in total. The van der Waals surface area contributed by atoms with Crippen LogP contribution in [0, 0.1) is 5.92 Å². The van der Waals surface area contributed by atoms with E-state index in [1.807, 2.05) is 0 Å². The van der Waals surface area contributed by atoms with Crippen LogP contribution < -0.4 is 4.83 Å². The molecule has 0 heterocycles. The monoisotopic (exact) mass is 250 g/mol. The first-order valence-electron chi connectivity index (χ1n) is 5.15. The normalized spacial score (nSPS) is 26.0. The van der Waals surface area contributed by atoms with Crippen LogP contribution in [0.5, 0.6) is 0 Å². The summed E-state index contributed by atoms with van der Waals surface area (Å²) in [5, 5.41) is 0.685. The predicted molar refractivity (Wildman–Crippen MR) is 58.9 cm³/mol. The summed E-state index contributed by atoms with van der Waals surface area (Å²) in [6, 6.07) is 0. The highest BCUT2D eigenvalue weighted by Gasteiger charge is 2.42. The number of carbonyl (C=O) groups is 1. The minimum absolute atomic E-state index is 0.438. The highest BCUT2D eigenvalue weighted by molar-refractivity contribution is 7.90. The molecular weight excluding hydrogens is 232 g/mol. The lowest BCUT2D eigenvalue weighted by Gasteiger charge is -2.21. The summed E-state index contributed by atoms with van der Waals surface area (Å²) in [5.41, 5.74) is 0. The second kappa shape index (κ2) is 5.11. The topological polar surface area (TPSA) is 75.7 Å². The quantitative estimate of drug-likeness (QED) is 0.549. The van der Waals surface area contributed by atoms with Gasteiger partial charge in [-0.2, -0.15) is 0 Å². The Kier molecular flexibility index (Phi) is 4.28. The maximum atomic E-state index is 11.9. The van der Waals surface area contributed by atoms with Gasteiger partial charge in [0.1, 0.15) is 0 Å². The Balaban J connectivity index is 2.82. The third kappa shape index (κ3) is 2.93. The van der Waals surface area contributed by atoms with Gasteiger partial charge in [-0.1, -0.05) is 6.42 Å². The number of hydrogen-bond donors (Lipinski definition) is 1. The predicted octanol–water partition coefficient (Wildman–Crippen LogP) is -0.276. The number of carbonyl (C=O) groups excluding carboxylic acids is 1. The lowest BCUT2D eigenvalue weighted by Crippen LogP contribution is -2.45. The molecule has 0 aliphatic heterocycles. The van der Waals surface area contributed by atoms with Gasteiger partial charge in [0.25, 0.3) is 0 Å². The van der Waals surface area contributed by atoms with Gasteiger partial charge < -0.3 is 4.74 Å². The second-order valence-electron chi connectivity index (χ2n) is 4.13. The molecule has 1 fully saturated rings. The Morgan fingerprint density at radius 3 is 2.50 bits per heavy atom. The Labute approximate surface area is 96.0 Å². The molecular formula is C9H18N2O4S. The molecule has 94 valence electrons. The summed E-state index contributed by atoms with van der Waals surface area (Å²) >= 11 is 0. The number of hydrogen-bond acceptors (Lipinski definition) is 5. The van der Waals surface area contributed by atoms with E-state index in [1.54, 1.807) is 14.1 Å². The van der Waals surface area contributed by atoms with Gasteiger partial charge in [0.15, 0.2) is 0 Å². The number of nitrogens with one attached hydrogen (secondary N) is 1. The smallest absolute Gasteiger partial charge is 0.310 e. The molecule has 0 amide bonds. The summed E-state index contributed by atoms with van der Waals surface area (Å²) in [5.74, 6) is -0.978. The van der Waals surface area contributed by atoms with Crippen LogP contribution in [0.4, 0.5) is 0 Å². The average Bonchev–Trinajstić information content (AvgIpc) is 2.63. The Hall–Kier alpha value is -0.660. The van der Waals surface area contributed by atoms with Crippen molar-refractivity contribution >= 4 is 16.0 Å². The molecule has 7 heteroatoms. The largest absolute Gasteiger partial charge is 0.469 e. The third-order valence-electron chi connectivity index (χ3n) is 2.66. The van der Waals surface area contributed by atoms with Crippen LogP contribution in [0.25, 0.3) is 0 Å². The molecule has 1 N–H and O–H groups in total. The summed E-state index contributed by atoms with van der Waals surface area (Å²) in [7, 11) is 0.987. The van der Waals surface area contributed by atoms with E-state index in [-0.39, 0.29) is 0 Å². The van der Waals surface area contributed by atoms with Crippen LogP contribution in [-0.4, -0.2) is 45.9 Å². The molecule has 0 aromatic heterocycles. The number of hydrazine groups is 1. The molecule has 0 spiro atoms. The fraction of sp³-hybridized carbons (Fsp3) is 0.889. The molecule has 0 saturated heterocycles. The number of ether oxygens (including phenoxy) is 1. The van der Waals surface area contributed by atoms with E-state index in [9.17, 15) is 13.2 Å². The SMILES string of the molecule is COC(=O)C1CCCC1S(=O)(=O)NN(C)C. The van der Waals surface area contributed by atoms with Crippen molar-refractivity contribution < 1.29 is 17.9 Å². The molecule has 2 unspecified atom stereocenters. The van der Waals surface area contributed by atoms with Gasteiger partial charge in [-0.05, 0) is 12.8 Å². The molecule has 2 atom stereocenters. The van der Waals surface area contributed by atoms with Gasteiger partial charge in [0.05, 0.1) is 18.3 Å². The van der Waals surface area contributed by atoms with Crippen molar-refractivity contribution in [2.75, 3.05) is 21.2 Å². The van der Waals surface area contributed by atoms with Gasteiger partial charge in [-0.3, -0.25) is 4.79 Å². The third-order valence-corrected chi connectivity index (χ3v) is 4.65. The van der Waals surface area contributed by atoms with E-state index in [1.165, 1.54) is 12.1 Å². The average molecular weight is 250 g/mol. The van der Waals surface area contributed by atoms with Crippen LogP contribution in [0.1, 0.15) is 19.3 Å². The maximum Gasteiger partial charge on any atom is 0.310 e. The van der Waals surface area contributed by atoms with Crippen molar-refractivity contribution in [1.82, 2.24) is 9.84 Å². The van der Waals surface area contributed by atoms with Gasteiger partial charge in [-0.15, -0.1) is 4.83 Å². The molecule has 0 radical (unpaired) electrons. The lowest BCUT2D eigenvalue weighted by molar-refractivity contribution is -0.145. The number of esters is 1. The Bertz CT molecular complexity index is 353. The van der Waals surface area contributed by atoms with Crippen molar-refractivity contribution in [2.45, 2.75) is 24.5 Å². The molecule has 0 bridgehead atoms. The zero-order valence-corrected chi connectivity index (χ0v) is 10.6. The zero-order valence-electron chi connectivity index (χ0n) is 9.76. The van der Waals surface area contributed by atoms with E-state index in [0.717, 1.165) is 6.42 Å². The molecule has 0 aromatic rings. The first kappa shape index (κ1) is 13.4. The van der Waals surface area contributed by atoms with E-state index in [0.29, 0.717) is 12.8 Å². The lowest BCUT2D eigenvalue weighted by atomic mass is 10.1. The second-order valence-corrected chi connectivity index (χ2v) is 6.01. The van der Waals surface area contributed by atoms with Gasteiger partial charge in [0, 0.05) is 14.1 Å². The van der Waals surface area contributed by atoms with Crippen LogP contribution in [0.2, 0.25) is 0 Å². The summed E-state index contributed by atoms with van der Waals surface area (Å²) < 4.78 is 28.4. The minimum atomic E-state index is -3.49. The first-order valence-corrected chi connectivity index (χ1v) is 6.69. The van der Waals surface area contributed by atoms with Crippen LogP contribution in [0.3, 0.4) is 0 Å². The van der Waals surface area contributed by atoms with E-state index in [4.69, 9.17) is 0 Å². The summed E-state index contributed by atoms with van der Waals surface area (Å²) in [6.45, 7) is 0. The molecule has 1 saturated carbocycles. The number of methoxy groups -OCH3 is 1. The Morgan fingerprint density at radius 1 is 1.38 bits per heavy atom. The van der Waals surface area contributed by atoms with E-state index < -0.39 is 27.2 Å². The first-order chi connectivity index (χ1) is 7.38. The molecule has 1 aliphatic rings. The Morgan fingerprint density at radius 2 is 2.00 bits per heavy atom. The zero-order chi connectivity index (χ0) is 12.3. The number of sulfonamides is 1. The molecule has 16 heavy (non-hydrogen) atoms. The van der Waals surface area contributed by atoms with Crippen LogP contribution in [0.15, 0.2) is 0 Å². The van der Waals surface area contributed by atoms with Crippen molar-refractivity contribution in [2.24, 2.45) is 5.92 Å². The maximum absolute atomic E-state index is 11.9. The fourth-order valence-electron chi connectivity index (χ4n) is 2.04. The minimum Gasteiger partial charge on any atom is -0.469 e. The van der Waals surface area contributed by atoms with Crippen molar-refractivity contribution in [3.05, 3.63) is 0 Å². The van der Waals surface area contributed by atoms with E-state index >= 15 is 0 Å². The van der Waals surface area contributed by atoms with E-state index in [2.05, 4.69) is 9.57 Å². The summed E-state index contributed by atoms with van der Waals surface area (Å²) in [6.07, 6.45) is 1.81. The number of nitrogens with zero attached hydrogens (tertiary/aromatic N) is 1. The molecule has 1 aliphatic carbocycles. The highest BCUT2D eigenvalue weighted by atomic mass is 32.2. The van der Waals surface area contributed by atoms with Gasteiger partial charge in [0.2, 0.25) is 10.0 Å². The summed E-state index contributed by atoms with van der Waals surface area (Å²) in [4.78, 5) is 13.8. The highest BCUT2D eigenvalue weighted by Crippen LogP contribution is 2.31. The molecule has 0 aromatic carbocycles. The van der Waals surface area contributed by atoms with Crippen LogP contribution in [-0.2, 0) is 19.6 Å². The van der Waals surface area contributed by atoms with Crippen molar-refractivity contribution in [3.8, 4) is 0 Å². The number of rotatable bonds is 4. The van der Waals surface area contributed by atoms with Crippen LogP contribution >= 0.6 is 0 Å². The van der Waals surface area contributed by atoms with Gasteiger partial charge >= 0.3 is 5.97 Å². The fourth-order valence-corrected chi connectivity index (χ4v) is 3.84. The standard InChI is InChI=1S/C9H18N2O4S/c1-11(2)10-16(13,14)8-6-4-5-7(8)9(12)15-3/h7-8,10H,4-6H2,1-3H3. The molecule has 1 rings (SSSR count). The van der Waals surface area contributed by atoms with Crippen molar-refractivity contribution in [3.63, 3.8) is 0 Å². The van der Waals surface area contributed by atoms with Crippen molar-refractivity contribution in [1.29, 1.82) is 0 Å². The van der Waals surface area contributed by atoms with Gasteiger partial charge in [-0.25, -0.2) is 13.4 Å².